The second-order valence-electron chi connectivity index (χ2n) is 6.87. The molecule has 1 aliphatic heterocycles. The van der Waals surface area contributed by atoms with E-state index >= 15 is 0 Å². The van der Waals surface area contributed by atoms with Crippen LogP contribution in [0.15, 0.2) is 18.2 Å². The van der Waals surface area contributed by atoms with Crippen molar-refractivity contribution in [2.45, 2.75) is 52.1 Å². The van der Waals surface area contributed by atoms with Crippen molar-refractivity contribution in [3.05, 3.63) is 34.9 Å². The molecule has 2 aliphatic rings. The van der Waals surface area contributed by atoms with Gasteiger partial charge >= 0.3 is 5.97 Å². The minimum atomic E-state index is -0.795. The monoisotopic (exact) mass is 273 g/mol. The van der Waals surface area contributed by atoms with Gasteiger partial charge in [0.05, 0.1) is 5.56 Å². The van der Waals surface area contributed by atoms with Crippen LogP contribution in [0, 0.1) is 5.41 Å². The van der Waals surface area contributed by atoms with Crippen LogP contribution in [0.4, 0.5) is 0 Å². The first kappa shape index (κ1) is 13.6. The predicted molar refractivity (Wildman–Crippen MR) is 78.9 cm³/mol. The van der Waals surface area contributed by atoms with Crippen LogP contribution in [0.3, 0.4) is 0 Å². The Balaban J connectivity index is 1.86. The van der Waals surface area contributed by atoms with Gasteiger partial charge in [-0.2, -0.15) is 0 Å². The highest BCUT2D eigenvalue weighted by molar-refractivity contribution is 5.89. The number of carbonyl (C=O) groups is 1. The molecule has 108 valence electrons. The van der Waals surface area contributed by atoms with Crippen LogP contribution in [0.25, 0.3) is 0 Å². The molecule has 1 aromatic rings. The SMILES string of the molecule is CC1(C)CCCC1N1CCc2c(cccc2C(=O)O)C1. The zero-order valence-electron chi connectivity index (χ0n) is 12.4. The number of nitrogens with zero attached hydrogens (tertiary/aromatic N) is 1. The molecule has 1 N–H and O–H groups in total. The van der Waals surface area contributed by atoms with Crippen LogP contribution in [-0.2, 0) is 13.0 Å². The maximum Gasteiger partial charge on any atom is 0.335 e. The lowest BCUT2D eigenvalue weighted by Gasteiger charge is -2.40. The van der Waals surface area contributed by atoms with E-state index in [0.717, 1.165) is 25.1 Å². The van der Waals surface area contributed by atoms with Crippen molar-refractivity contribution in [3.63, 3.8) is 0 Å². The summed E-state index contributed by atoms with van der Waals surface area (Å²) in [5.41, 5.74) is 3.14. The van der Waals surface area contributed by atoms with Crippen LogP contribution < -0.4 is 0 Å². The molecule has 3 nitrogen and oxygen atoms in total. The molecular formula is C17H23NO2. The normalized spacial score (nSPS) is 25.4. The molecule has 3 rings (SSSR count). The third kappa shape index (κ3) is 2.24. The number of hydrogen-bond donors (Lipinski definition) is 1. The minimum Gasteiger partial charge on any atom is -0.478 e. The van der Waals surface area contributed by atoms with Crippen LogP contribution in [-0.4, -0.2) is 28.6 Å². The largest absolute Gasteiger partial charge is 0.478 e. The number of fused-ring (bicyclic) bond motifs is 1. The molecule has 0 amide bonds. The highest BCUT2D eigenvalue weighted by Crippen LogP contribution is 2.42. The van der Waals surface area contributed by atoms with Crippen molar-refractivity contribution in [2.75, 3.05) is 6.54 Å². The Morgan fingerprint density at radius 3 is 2.85 bits per heavy atom. The molecule has 1 atom stereocenters. The van der Waals surface area contributed by atoms with Crippen LogP contribution >= 0.6 is 0 Å². The number of hydrogen-bond acceptors (Lipinski definition) is 2. The molecule has 1 heterocycles. The number of benzene rings is 1. The Morgan fingerprint density at radius 2 is 2.20 bits per heavy atom. The van der Waals surface area contributed by atoms with Crippen LogP contribution in [0.1, 0.15) is 54.6 Å². The van der Waals surface area contributed by atoms with Gasteiger partial charge in [-0.25, -0.2) is 4.79 Å². The summed E-state index contributed by atoms with van der Waals surface area (Å²) in [6.07, 6.45) is 4.76. The summed E-state index contributed by atoms with van der Waals surface area (Å²) in [6.45, 7) is 6.64. The number of carboxylic acids is 1. The summed E-state index contributed by atoms with van der Waals surface area (Å²) in [5.74, 6) is -0.795. The predicted octanol–water partition coefficient (Wildman–Crippen LogP) is 3.32. The summed E-state index contributed by atoms with van der Waals surface area (Å²) in [6, 6.07) is 6.35. The fourth-order valence-electron chi connectivity index (χ4n) is 4.08. The van der Waals surface area contributed by atoms with Crippen molar-refractivity contribution in [1.29, 1.82) is 0 Å². The molecule has 1 aliphatic carbocycles. The van der Waals surface area contributed by atoms with E-state index in [1.54, 1.807) is 6.07 Å². The van der Waals surface area contributed by atoms with E-state index < -0.39 is 5.97 Å². The van der Waals surface area contributed by atoms with Gasteiger partial charge in [0.1, 0.15) is 0 Å². The number of carboxylic acid groups (broad SMARTS) is 1. The van der Waals surface area contributed by atoms with Crippen LogP contribution in [0.5, 0.6) is 0 Å². The van der Waals surface area contributed by atoms with Gasteiger partial charge in [-0.15, -0.1) is 0 Å². The lowest BCUT2D eigenvalue weighted by atomic mass is 9.84. The standard InChI is InChI=1S/C17H23NO2/c1-17(2)9-4-7-15(17)18-10-8-13-12(11-18)5-3-6-14(13)16(19)20/h3,5-6,15H,4,7-11H2,1-2H3,(H,19,20). The molecular weight excluding hydrogens is 250 g/mol. The first-order valence-corrected chi connectivity index (χ1v) is 7.57. The first-order chi connectivity index (χ1) is 9.49. The topological polar surface area (TPSA) is 40.5 Å². The fraction of sp³-hybridized carbons (Fsp3) is 0.588. The Hall–Kier alpha value is -1.35. The lowest BCUT2D eigenvalue weighted by Crippen LogP contribution is -2.44. The Bertz CT molecular complexity index is 536. The summed E-state index contributed by atoms with van der Waals surface area (Å²) in [7, 11) is 0. The lowest BCUT2D eigenvalue weighted by molar-refractivity contribution is 0.0691. The zero-order valence-corrected chi connectivity index (χ0v) is 12.4. The minimum absolute atomic E-state index is 0.391. The average molecular weight is 273 g/mol. The average Bonchev–Trinajstić information content (AvgIpc) is 2.76. The third-order valence-electron chi connectivity index (χ3n) is 5.17. The molecule has 20 heavy (non-hydrogen) atoms. The van der Waals surface area contributed by atoms with Gasteiger partial charge in [-0.3, -0.25) is 4.90 Å². The highest BCUT2D eigenvalue weighted by atomic mass is 16.4. The molecule has 0 aromatic heterocycles. The van der Waals surface area contributed by atoms with E-state index in [0.29, 0.717) is 17.0 Å². The molecule has 0 saturated heterocycles. The smallest absolute Gasteiger partial charge is 0.335 e. The van der Waals surface area contributed by atoms with Gasteiger partial charge in [0.25, 0.3) is 0 Å². The third-order valence-corrected chi connectivity index (χ3v) is 5.17. The molecule has 0 radical (unpaired) electrons. The maximum absolute atomic E-state index is 11.3. The van der Waals surface area contributed by atoms with Gasteiger partial charge < -0.3 is 5.11 Å². The van der Waals surface area contributed by atoms with Crippen molar-refractivity contribution in [1.82, 2.24) is 4.90 Å². The van der Waals surface area contributed by atoms with E-state index in [2.05, 4.69) is 24.8 Å². The molecule has 0 spiro atoms. The van der Waals surface area contributed by atoms with Gasteiger partial charge in [0, 0.05) is 19.1 Å². The Kier molecular flexibility index (Phi) is 3.33. The highest BCUT2D eigenvalue weighted by Gasteiger charge is 2.39. The molecule has 1 saturated carbocycles. The van der Waals surface area contributed by atoms with E-state index in [9.17, 15) is 9.90 Å². The van der Waals surface area contributed by atoms with Gasteiger partial charge in [0.2, 0.25) is 0 Å². The molecule has 1 aromatic carbocycles. The van der Waals surface area contributed by atoms with E-state index in [1.165, 1.54) is 24.8 Å². The number of aromatic carboxylic acids is 1. The number of rotatable bonds is 2. The molecule has 1 unspecified atom stereocenters. The fourth-order valence-corrected chi connectivity index (χ4v) is 4.08. The molecule has 1 fully saturated rings. The van der Waals surface area contributed by atoms with Crippen molar-refractivity contribution in [3.8, 4) is 0 Å². The van der Waals surface area contributed by atoms with E-state index in [1.807, 2.05) is 6.07 Å². The Labute approximate surface area is 120 Å². The second-order valence-corrected chi connectivity index (χ2v) is 6.87. The summed E-state index contributed by atoms with van der Waals surface area (Å²) >= 11 is 0. The van der Waals surface area contributed by atoms with Gasteiger partial charge in [0.15, 0.2) is 0 Å². The Morgan fingerprint density at radius 1 is 1.40 bits per heavy atom. The summed E-state index contributed by atoms with van der Waals surface area (Å²) < 4.78 is 0. The van der Waals surface area contributed by atoms with Gasteiger partial charge in [-0.1, -0.05) is 32.4 Å². The van der Waals surface area contributed by atoms with Crippen LogP contribution in [0.2, 0.25) is 0 Å². The summed E-state index contributed by atoms with van der Waals surface area (Å²) in [4.78, 5) is 13.9. The van der Waals surface area contributed by atoms with Crippen molar-refractivity contribution < 1.29 is 9.90 Å². The van der Waals surface area contributed by atoms with Crippen molar-refractivity contribution >= 4 is 5.97 Å². The van der Waals surface area contributed by atoms with E-state index in [4.69, 9.17) is 0 Å². The molecule has 3 heteroatoms. The van der Waals surface area contributed by atoms with Crippen molar-refractivity contribution in [2.24, 2.45) is 5.41 Å². The first-order valence-electron chi connectivity index (χ1n) is 7.57. The van der Waals surface area contributed by atoms with E-state index in [-0.39, 0.29) is 0 Å². The maximum atomic E-state index is 11.3. The molecule has 0 bridgehead atoms. The van der Waals surface area contributed by atoms with Gasteiger partial charge in [-0.05, 0) is 41.9 Å². The zero-order chi connectivity index (χ0) is 14.3. The summed E-state index contributed by atoms with van der Waals surface area (Å²) in [5, 5.41) is 9.29. The quantitative estimate of drug-likeness (QED) is 0.898. The second kappa shape index (κ2) is 4.88.